The van der Waals surface area contributed by atoms with Crippen LogP contribution in [0.5, 0.6) is 0 Å². The molecule has 14 heteroatoms. The molecule has 0 amide bonds. The first-order valence-electron chi connectivity index (χ1n) is 13.5. The largest absolute Gasteiger partial charge is 0.435 e. The van der Waals surface area contributed by atoms with Gasteiger partial charge < -0.3 is 8.83 Å². The van der Waals surface area contributed by atoms with E-state index in [0.29, 0.717) is 27.9 Å². The third-order valence-corrected chi connectivity index (χ3v) is 14.0. The van der Waals surface area contributed by atoms with Gasteiger partial charge >= 0.3 is 0 Å². The van der Waals surface area contributed by atoms with Crippen LogP contribution >= 0.6 is 68.0 Å². The second-order valence-electron chi connectivity index (χ2n) is 10.2. The van der Waals surface area contributed by atoms with Crippen LogP contribution in [0.2, 0.25) is 0 Å². The van der Waals surface area contributed by atoms with E-state index < -0.39 is 0 Å². The highest BCUT2D eigenvalue weighted by Gasteiger charge is 2.19. The fraction of sp³-hybridized carbons (Fsp3) is 0. The first kappa shape index (κ1) is 26.4. The maximum absolute atomic E-state index is 9.17. The molecule has 0 atom stereocenters. The molecule has 0 radical (unpaired) electrons. The van der Waals surface area contributed by atoms with Gasteiger partial charge in [0.05, 0.1) is 28.7 Å². The van der Waals surface area contributed by atoms with Gasteiger partial charge in [-0.3, -0.25) is 0 Å². The Morgan fingerprint density at radius 1 is 0.609 bits per heavy atom. The highest BCUT2D eigenvalue weighted by Crippen LogP contribution is 2.44. The zero-order valence-electron chi connectivity index (χ0n) is 22.7. The normalized spacial score (nSPS) is 11.9. The van der Waals surface area contributed by atoms with Gasteiger partial charge in [-0.1, -0.05) is 0 Å². The topological polar surface area (TPSA) is 106 Å². The molecule has 10 aromatic rings. The summed E-state index contributed by atoms with van der Waals surface area (Å²) in [4.78, 5) is 27.0. The van der Waals surface area contributed by atoms with Gasteiger partial charge in [-0.25, -0.2) is 24.8 Å². The number of thiophene rings is 4. The average molecular weight is 703 g/mol. The Morgan fingerprint density at radius 3 is 1.67 bits per heavy atom. The predicted octanol–water partition coefficient (Wildman–Crippen LogP) is 11.7. The molecule has 0 aliphatic rings. The number of benzene rings is 2. The summed E-state index contributed by atoms with van der Waals surface area (Å²) in [5.41, 5.74) is 2.88. The summed E-state index contributed by atoms with van der Waals surface area (Å²) in [6.45, 7) is 7.24. The molecule has 2 aromatic carbocycles. The van der Waals surface area contributed by atoms with Gasteiger partial charge in [0.25, 0.3) is 0 Å². The number of nitrogens with zero attached hydrogens (tertiary/aromatic N) is 6. The molecule has 10 rings (SSSR count). The van der Waals surface area contributed by atoms with E-state index in [9.17, 15) is 0 Å². The van der Waals surface area contributed by atoms with Crippen LogP contribution < -0.4 is 0 Å². The van der Waals surface area contributed by atoms with E-state index in [2.05, 4.69) is 33.0 Å². The van der Waals surface area contributed by atoms with Crippen LogP contribution in [0.1, 0.15) is 4.88 Å². The zero-order valence-corrected chi connectivity index (χ0v) is 27.6. The van der Waals surface area contributed by atoms with Gasteiger partial charge in [-0.05, 0) is 59.3 Å². The Labute approximate surface area is 281 Å². The van der Waals surface area contributed by atoms with E-state index >= 15 is 0 Å². The monoisotopic (exact) mass is 702 g/mol. The third kappa shape index (κ3) is 4.16. The van der Waals surface area contributed by atoms with E-state index in [0.717, 1.165) is 75.0 Å². The smallest absolute Gasteiger partial charge is 0.243 e. The Morgan fingerprint density at radius 2 is 1.15 bits per heavy atom. The molecule has 216 valence electrons. The second kappa shape index (κ2) is 9.85. The Balaban J connectivity index is 0.957. The quantitative estimate of drug-likeness (QED) is 0.168. The summed E-state index contributed by atoms with van der Waals surface area (Å²) in [7, 11) is 0. The van der Waals surface area contributed by atoms with E-state index in [-0.39, 0.29) is 0 Å². The molecule has 0 saturated carbocycles. The van der Waals surface area contributed by atoms with E-state index in [1.165, 1.54) is 34.0 Å². The number of hydrogen-bond donors (Lipinski definition) is 0. The van der Waals surface area contributed by atoms with Gasteiger partial charge in [0, 0.05) is 18.8 Å². The van der Waals surface area contributed by atoms with Crippen LogP contribution in [0.25, 0.3) is 97.9 Å². The molecule has 0 aliphatic heterocycles. The lowest BCUT2D eigenvalue weighted by atomic mass is 10.1. The van der Waals surface area contributed by atoms with Gasteiger partial charge in [-0.2, -0.15) is 16.6 Å². The van der Waals surface area contributed by atoms with Gasteiger partial charge in [-0.15, -0.1) is 56.7 Å². The molecular weight excluding hydrogens is 693 g/mol. The van der Waals surface area contributed by atoms with Gasteiger partial charge in [0.2, 0.25) is 16.8 Å². The van der Waals surface area contributed by atoms with Crippen molar-refractivity contribution in [1.82, 2.24) is 19.9 Å². The first-order valence-corrected chi connectivity index (χ1v) is 18.4. The van der Waals surface area contributed by atoms with Crippen molar-refractivity contribution in [2.45, 2.75) is 0 Å². The molecule has 46 heavy (non-hydrogen) atoms. The number of aromatic nitrogens is 4. The van der Waals surface area contributed by atoms with E-state index in [4.69, 9.17) is 30.6 Å². The summed E-state index contributed by atoms with van der Waals surface area (Å²) < 4.78 is 16.8. The summed E-state index contributed by atoms with van der Waals surface area (Å²) in [5, 5.41) is 13.6. The van der Waals surface area contributed by atoms with Crippen LogP contribution in [-0.4, -0.2) is 19.9 Å². The molecule has 0 spiro atoms. The molecule has 0 fully saturated rings. The number of nitriles is 1. The maximum atomic E-state index is 9.17. The lowest BCUT2D eigenvalue weighted by molar-refractivity contribution is 0.621. The Hall–Kier alpha value is -4.80. The summed E-state index contributed by atoms with van der Waals surface area (Å²) in [6, 6.07) is 18.3. The van der Waals surface area contributed by atoms with Crippen molar-refractivity contribution >= 4 is 125 Å². The summed E-state index contributed by atoms with van der Waals surface area (Å²) in [5.74, 6) is 1.06. The van der Waals surface area contributed by atoms with Crippen molar-refractivity contribution in [3.05, 3.63) is 77.2 Å². The van der Waals surface area contributed by atoms with Crippen molar-refractivity contribution in [3.63, 3.8) is 0 Å². The molecular formula is C32H10N6O2S6. The molecule has 0 unspecified atom stereocenters. The highest BCUT2D eigenvalue weighted by molar-refractivity contribution is 7.33. The van der Waals surface area contributed by atoms with E-state index in [1.807, 2.05) is 36.4 Å². The highest BCUT2D eigenvalue weighted by atomic mass is 32.1. The second-order valence-corrected chi connectivity index (χ2v) is 16.6. The number of rotatable bonds is 4. The minimum Gasteiger partial charge on any atom is -0.435 e. The predicted molar refractivity (Wildman–Crippen MR) is 190 cm³/mol. The van der Waals surface area contributed by atoms with E-state index in [1.54, 1.807) is 46.4 Å². The first-order chi connectivity index (χ1) is 22.6. The molecule has 8 aromatic heterocycles. The average Bonchev–Trinajstić information content (AvgIpc) is 3.88. The van der Waals surface area contributed by atoms with Crippen LogP contribution in [0.3, 0.4) is 0 Å². The number of oxazole rings is 2. The lowest BCUT2D eigenvalue weighted by Crippen LogP contribution is -1.76. The van der Waals surface area contributed by atoms with Gasteiger partial charge in [0.15, 0.2) is 11.2 Å². The van der Waals surface area contributed by atoms with Crippen molar-refractivity contribution in [1.29, 1.82) is 5.26 Å². The fourth-order valence-electron chi connectivity index (χ4n) is 5.26. The van der Waals surface area contributed by atoms with Crippen molar-refractivity contribution in [2.24, 2.45) is 0 Å². The minimum atomic E-state index is 0.529. The maximum Gasteiger partial charge on any atom is 0.243 e. The van der Waals surface area contributed by atoms with Gasteiger partial charge in [0.1, 0.15) is 41.7 Å². The zero-order chi connectivity index (χ0) is 30.5. The summed E-state index contributed by atoms with van der Waals surface area (Å²) >= 11 is 9.36. The van der Waals surface area contributed by atoms with Crippen LogP contribution in [-0.2, 0) is 0 Å². The third-order valence-electron chi connectivity index (χ3n) is 7.33. The lowest BCUT2D eigenvalue weighted by Gasteiger charge is -1.96. The van der Waals surface area contributed by atoms with Crippen LogP contribution in [0, 0.1) is 17.9 Å². The van der Waals surface area contributed by atoms with Crippen molar-refractivity contribution < 1.29 is 8.83 Å². The minimum absolute atomic E-state index is 0.529. The Bertz CT molecular complexity index is 2600. The fourth-order valence-corrected chi connectivity index (χ4v) is 11.4. The molecule has 8 nitrogen and oxygen atoms in total. The van der Waals surface area contributed by atoms with Crippen LogP contribution in [0.4, 0.5) is 5.00 Å². The number of fused-ring (bicyclic) bond motifs is 5. The molecule has 0 saturated heterocycles. The molecule has 0 N–H and O–H groups in total. The van der Waals surface area contributed by atoms with Crippen molar-refractivity contribution in [3.8, 4) is 47.4 Å². The van der Waals surface area contributed by atoms with Crippen molar-refractivity contribution in [2.75, 3.05) is 0 Å². The molecule has 0 bridgehead atoms. The Kier molecular flexibility index (Phi) is 5.66. The van der Waals surface area contributed by atoms with Crippen LogP contribution in [0.15, 0.2) is 69.8 Å². The number of hydrogen-bond acceptors (Lipinski definition) is 13. The standard InChI is InChI=1S/C32H10N6O2S6/c1-34-28-9-23-22(44-28)8-25(43-23)32-36-12-27(46-32)30-38-17-3-14-4-18-16(2-13(14)5-19(17)40-30)37-29(39-18)26-11-35-31(45-26)24-7-21-20(42-24)6-15(10-33)41-21/h2-9,11-12H. The SMILES string of the molecule is [C-]#[N+]c1cc2sc(-c3ncc(-c4nc5cc6cc7oc(-c8cnc(-c9cc%10sc(C#N)cc%10s9)s8)nc7cc6cc5o4)s3)cc2s1. The summed E-state index contributed by atoms with van der Waals surface area (Å²) in [6.07, 6.45) is 3.60. The molecule has 0 aliphatic carbocycles. The number of thiazole rings is 2. The molecule has 8 heterocycles.